The van der Waals surface area contributed by atoms with Crippen LogP contribution in [-0.2, 0) is 14.4 Å². The molecular weight excluding hydrogens is 548 g/mol. The monoisotopic (exact) mass is 590 g/mol. The molecule has 44 heavy (non-hydrogen) atoms. The van der Waals surface area contributed by atoms with Gasteiger partial charge in [0, 0.05) is 32.9 Å². The largest absolute Gasteiger partial charge is 0.481 e. The Morgan fingerprint density at radius 1 is 0.523 bits per heavy atom. The van der Waals surface area contributed by atoms with Crippen molar-refractivity contribution in [2.24, 2.45) is 0 Å². The Morgan fingerprint density at radius 2 is 0.909 bits per heavy atom. The Bertz CT molecular complexity index is 1370. The van der Waals surface area contributed by atoms with Crippen molar-refractivity contribution in [1.29, 1.82) is 0 Å². The first kappa shape index (κ1) is 32.2. The summed E-state index contributed by atoms with van der Waals surface area (Å²) in [5.41, 5.74) is 4.10. The van der Waals surface area contributed by atoms with Crippen molar-refractivity contribution in [2.45, 2.75) is 57.5 Å². The molecule has 4 rings (SSSR count). The lowest BCUT2D eigenvalue weighted by Gasteiger charge is -2.34. The Kier molecular flexibility index (Phi) is 12.3. The van der Waals surface area contributed by atoms with Gasteiger partial charge in [-0.15, -0.1) is 0 Å². The van der Waals surface area contributed by atoms with Crippen LogP contribution in [0.1, 0.15) is 79.8 Å². The van der Waals surface area contributed by atoms with E-state index in [0.29, 0.717) is 32.4 Å². The quantitative estimate of drug-likeness (QED) is 0.136. The van der Waals surface area contributed by atoms with E-state index in [1.54, 1.807) is 6.92 Å². The van der Waals surface area contributed by atoms with Gasteiger partial charge in [0.2, 0.25) is 11.8 Å². The normalized spacial score (nSPS) is 11.0. The minimum absolute atomic E-state index is 0.0143. The van der Waals surface area contributed by atoms with Crippen LogP contribution in [0.3, 0.4) is 0 Å². The van der Waals surface area contributed by atoms with Gasteiger partial charge in [0.1, 0.15) is 0 Å². The van der Waals surface area contributed by atoms with Crippen molar-refractivity contribution in [3.8, 4) is 0 Å². The first-order valence-corrected chi connectivity index (χ1v) is 15.4. The maximum atomic E-state index is 14.1. The molecule has 0 saturated heterocycles. The zero-order valence-corrected chi connectivity index (χ0v) is 25.4. The lowest BCUT2D eigenvalue weighted by molar-refractivity contribution is -0.137. The number of carboxylic acid groups (broad SMARTS) is 1. The second kappa shape index (κ2) is 16.8. The lowest BCUT2D eigenvalue weighted by atomic mass is 9.95. The second-order valence-corrected chi connectivity index (χ2v) is 11.1. The minimum Gasteiger partial charge on any atom is -0.481 e. The number of hydrogen-bond donors (Lipinski definition) is 1. The van der Waals surface area contributed by atoms with Gasteiger partial charge in [0.05, 0.1) is 12.1 Å². The molecular formula is C38H42N2O4. The summed E-state index contributed by atoms with van der Waals surface area (Å²) in [4.78, 5) is 42.0. The van der Waals surface area contributed by atoms with Gasteiger partial charge in [-0.3, -0.25) is 14.4 Å². The van der Waals surface area contributed by atoms with Crippen LogP contribution in [0, 0.1) is 0 Å². The molecule has 1 N–H and O–H groups in total. The summed E-state index contributed by atoms with van der Waals surface area (Å²) < 4.78 is 0. The van der Waals surface area contributed by atoms with Crippen molar-refractivity contribution in [2.75, 3.05) is 13.1 Å². The van der Waals surface area contributed by atoms with E-state index in [1.807, 2.05) is 131 Å². The van der Waals surface area contributed by atoms with Gasteiger partial charge in [-0.25, -0.2) is 0 Å². The molecule has 0 fully saturated rings. The van der Waals surface area contributed by atoms with Crippen LogP contribution in [0.25, 0.3) is 0 Å². The zero-order valence-electron chi connectivity index (χ0n) is 25.4. The highest BCUT2D eigenvalue weighted by Crippen LogP contribution is 2.32. The second-order valence-electron chi connectivity index (χ2n) is 11.1. The van der Waals surface area contributed by atoms with Crippen molar-refractivity contribution < 1.29 is 19.5 Å². The third-order valence-corrected chi connectivity index (χ3v) is 7.89. The molecule has 0 bridgehead atoms. The molecule has 0 heterocycles. The van der Waals surface area contributed by atoms with Gasteiger partial charge in [-0.1, -0.05) is 128 Å². The maximum Gasteiger partial charge on any atom is 0.303 e. The molecule has 0 aliphatic rings. The van der Waals surface area contributed by atoms with E-state index < -0.39 is 5.97 Å². The third kappa shape index (κ3) is 9.14. The smallest absolute Gasteiger partial charge is 0.303 e. The number of carboxylic acids is 1. The molecule has 0 radical (unpaired) electrons. The van der Waals surface area contributed by atoms with Crippen molar-refractivity contribution in [1.82, 2.24) is 9.80 Å². The van der Waals surface area contributed by atoms with Crippen LogP contribution >= 0.6 is 0 Å². The Hall–Kier alpha value is -4.71. The third-order valence-electron chi connectivity index (χ3n) is 7.89. The van der Waals surface area contributed by atoms with Crippen LogP contribution in [0.15, 0.2) is 121 Å². The lowest BCUT2D eigenvalue weighted by Crippen LogP contribution is -2.38. The molecule has 6 heteroatoms. The fourth-order valence-corrected chi connectivity index (χ4v) is 5.79. The SMILES string of the molecule is CC(=O)N(CCCC(=O)N(CCCCCC(=O)O)C(c1ccccc1)c1ccccc1)C(c1ccccc1)c1ccccc1. The molecule has 0 spiro atoms. The Morgan fingerprint density at radius 3 is 1.30 bits per heavy atom. The molecule has 0 aromatic heterocycles. The van der Waals surface area contributed by atoms with Gasteiger partial charge in [-0.05, 0) is 41.5 Å². The van der Waals surface area contributed by atoms with Gasteiger partial charge >= 0.3 is 5.97 Å². The number of aliphatic carboxylic acids is 1. The first-order chi connectivity index (χ1) is 21.5. The molecule has 0 unspecified atom stereocenters. The number of nitrogens with zero attached hydrogens (tertiary/aromatic N) is 2. The first-order valence-electron chi connectivity index (χ1n) is 15.4. The van der Waals surface area contributed by atoms with Crippen LogP contribution in [0.5, 0.6) is 0 Å². The van der Waals surface area contributed by atoms with Crippen LogP contribution < -0.4 is 0 Å². The molecule has 0 saturated carbocycles. The maximum absolute atomic E-state index is 14.1. The Labute approximate surface area is 261 Å². The zero-order chi connectivity index (χ0) is 31.1. The average Bonchev–Trinajstić information content (AvgIpc) is 3.05. The Balaban J connectivity index is 1.55. The van der Waals surface area contributed by atoms with E-state index in [9.17, 15) is 14.4 Å². The molecule has 6 nitrogen and oxygen atoms in total. The van der Waals surface area contributed by atoms with Crippen molar-refractivity contribution in [3.63, 3.8) is 0 Å². The number of rotatable bonds is 16. The summed E-state index contributed by atoms with van der Waals surface area (Å²) in [6.45, 7) is 2.54. The van der Waals surface area contributed by atoms with Gasteiger partial charge < -0.3 is 14.9 Å². The van der Waals surface area contributed by atoms with Crippen LogP contribution in [0.4, 0.5) is 0 Å². The molecule has 0 atom stereocenters. The van der Waals surface area contributed by atoms with Crippen LogP contribution in [0.2, 0.25) is 0 Å². The molecule has 4 aromatic carbocycles. The van der Waals surface area contributed by atoms with Gasteiger partial charge in [0.25, 0.3) is 0 Å². The van der Waals surface area contributed by atoms with E-state index in [4.69, 9.17) is 5.11 Å². The van der Waals surface area contributed by atoms with Crippen LogP contribution in [-0.4, -0.2) is 45.8 Å². The molecule has 4 aromatic rings. The number of hydrogen-bond acceptors (Lipinski definition) is 3. The van der Waals surface area contributed by atoms with E-state index in [2.05, 4.69) is 0 Å². The van der Waals surface area contributed by atoms with E-state index in [0.717, 1.165) is 28.7 Å². The summed E-state index contributed by atoms with van der Waals surface area (Å²) in [6.07, 6.45) is 2.93. The average molecular weight is 591 g/mol. The number of amides is 2. The highest BCUT2D eigenvalue weighted by molar-refractivity contribution is 5.78. The fourth-order valence-electron chi connectivity index (χ4n) is 5.79. The van der Waals surface area contributed by atoms with Gasteiger partial charge in [-0.2, -0.15) is 0 Å². The fraction of sp³-hybridized carbons (Fsp3) is 0.289. The summed E-state index contributed by atoms with van der Waals surface area (Å²) in [5, 5.41) is 9.07. The van der Waals surface area contributed by atoms with E-state index in [-0.39, 0.29) is 36.7 Å². The standard InChI is InChI=1S/C38H42N2O4/c1-30(41)39(37(31-18-7-2-8-19-31)32-20-9-3-10-21-32)29-17-26-35(42)40(28-16-6-15-27-36(43)44)38(33-22-11-4-12-23-33)34-24-13-5-14-25-34/h2-5,7-14,18-25,37-38H,6,15-17,26-29H2,1H3,(H,43,44). The number of benzene rings is 4. The number of unbranched alkanes of at least 4 members (excludes halogenated alkanes) is 2. The topological polar surface area (TPSA) is 77.9 Å². The molecule has 0 aliphatic heterocycles. The molecule has 0 aliphatic carbocycles. The number of carbonyl (C=O) groups excluding carboxylic acids is 2. The predicted octanol–water partition coefficient (Wildman–Crippen LogP) is 7.67. The van der Waals surface area contributed by atoms with Gasteiger partial charge in [0.15, 0.2) is 0 Å². The van der Waals surface area contributed by atoms with Crippen molar-refractivity contribution in [3.05, 3.63) is 144 Å². The van der Waals surface area contributed by atoms with E-state index in [1.165, 1.54) is 0 Å². The van der Waals surface area contributed by atoms with Crippen molar-refractivity contribution >= 4 is 17.8 Å². The summed E-state index contributed by atoms with van der Waals surface area (Å²) in [6, 6.07) is 39.5. The molecule has 2 amide bonds. The number of carbonyl (C=O) groups is 3. The minimum atomic E-state index is -0.802. The highest BCUT2D eigenvalue weighted by Gasteiger charge is 2.28. The van der Waals surface area contributed by atoms with E-state index >= 15 is 0 Å². The highest BCUT2D eigenvalue weighted by atomic mass is 16.4. The summed E-state index contributed by atoms with van der Waals surface area (Å²) in [5.74, 6) is -0.832. The summed E-state index contributed by atoms with van der Waals surface area (Å²) in [7, 11) is 0. The molecule has 228 valence electrons. The predicted molar refractivity (Wildman–Crippen MR) is 174 cm³/mol. The summed E-state index contributed by atoms with van der Waals surface area (Å²) >= 11 is 0.